The molecule has 1 aromatic rings. The molecule has 0 aliphatic rings. The summed E-state index contributed by atoms with van der Waals surface area (Å²) in [5.41, 5.74) is 5.89. The van der Waals surface area contributed by atoms with Crippen molar-refractivity contribution >= 4 is 17.2 Å². The molecule has 13 heavy (non-hydrogen) atoms. The summed E-state index contributed by atoms with van der Waals surface area (Å²) in [4.78, 5) is 4.24. The number of hydrogen-bond acceptors (Lipinski definition) is 4. The molecule has 0 saturated heterocycles. The number of nitrogens with two attached hydrogens (primary N) is 1. The van der Waals surface area contributed by atoms with Gasteiger partial charge in [-0.15, -0.1) is 0 Å². The van der Waals surface area contributed by atoms with Gasteiger partial charge in [0.05, 0.1) is 6.61 Å². The minimum atomic E-state index is -0.0427. The van der Waals surface area contributed by atoms with E-state index in [-0.39, 0.29) is 18.2 Å². The van der Waals surface area contributed by atoms with Crippen LogP contribution >= 0.6 is 12.2 Å². The second kappa shape index (κ2) is 4.74. The van der Waals surface area contributed by atoms with Crippen LogP contribution in [0, 0.1) is 0 Å². The Labute approximate surface area is 81.4 Å². The maximum absolute atomic E-state index is 8.50. The van der Waals surface area contributed by atoms with Crippen molar-refractivity contribution in [3.63, 3.8) is 0 Å². The molecule has 4 nitrogen and oxygen atoms in total. The number of aromatic nitrogens is 1. The molecule has 0 spiro atoms. The van der Waals surface area contributed by atoms with Gasteiger partial charge in [-0.05, 0) is 6.07 Å². The lowest BCUT2D eigenvalue weighted by Gasteiger charge is -2.03. The van der Waals surface area contributed by atoms with Crippen LogP contribution in [0.5, 0.6) is 5.88 Å². The van der Waals surface area contributed by atoms with E-state index in [1.807, 2.05) is 0 Å². The third-order valence-electron chi connectivity index (χ3n) is 1.32. The van der Waals surface area contributed by atoms with Crippen molar-refractivity contribution < 1.29 is 9.84 Å². The molecule has 0 aliphatic carbocycles. The van der Waals surface area contributed by atoms with Crippen molar-refractivity contribution in [1.29, 1.82) is 0 Å². The lowest BCUT2D eigenvalue weighted by atomic mass is 10.3. The van der Waals surface area contributed by atoms with Crippen LogP contribution < -0.4 is 10.5 Å². The average Bonchev–Trinajstić information content (AvgIpc) is 2.15. The number of hydrogen-bond donors (Lipinski definition) is 2. The van der Waals surface area contributed by atoms with E-state index in [0.717, 1.165) is 0 Å². The molecule has 5 heteroatoms. The maximum Gasteiger partial charge on any atom is 0.213 e. The summed E-state index contributed by atoms with van der Waals surface area (Å²) in [5, 5.41) is 8.50. The number of pyridine rings is 1. The van der Waals surface area contributed by atoms with Crippen molar-refractivity contribution in [3.8, 4) is 5.88 Å². The topological polar surface area (TPSA) is 68.4 Å². The number of aliphatic hydroxyl groups excluding tert-OH is 1. The van der Waals surface area contributed by atoms with Crippen molar-refractivity contribution in [1.82, 2.24) is 4.98 Å². The van der Waals surface area contributed by atoms with Crippen LogP contribution in [-0.4, -0.2) is 28.3 Å². The molecular weight excluding hydrogens is 188 g/mol. The summed E-state index contributed by atoms with van der Waals surface area (Å²) in [7, 11) is 0. The molecule has 1 heterocycles. The normalized spacial score (nSPS) is 9.62. The van der Waals surface area contributed by atoms with E-state index in [1.54, 1.807) is 18.2 Å². The number of aliphatic hydroxyl groups is 1. The molecule has 0 bridgehead atoms. The lowest BCUT2D eigenvalue weighted by Crippen LogP contribution is -2.12. The van der Waals surface area contributed by atoms with Gasteiger partial charge in [-0.25, -0.2) is 4.98 Å². The van der Waals surface area contributed by atoms with Gasteiger partial charge in [0.15, 0.2) is 0 Å². The quantitative estimate of drug-likeness (QED) is 0.671. The first kappa shape index (κ1) is 9.88. The Hall–Kier alpha value is -1.20. The Morgan fingerprint density at radius 2 is 2.38 bits per heavy atom. The number of nitrogens with zero attached hydrogens (tertiary/aromatic N) is 1. The predicted molar refractivity (Wildman–Crippen MR) is 52.7 cm³/mol. The van der Waals surface area contributed by atoms with Crippen molar-refractivity contribution in [2.45, 2.75) is 0 Å². The predicted octanol–water partition coefficient (Wildman–Crippen LogP) is 0.0869. The number of ether oxygens (including phenoxy) is 1. The second-order valence-electron chi connectivity index (χ2n) is 2.30. The zero-order valence-corrected chi connectivity index (χ0v) is 7.75. The summed E-state index contributed by atoms with van der Waals surface area (Å²) < 4.78 is 5.07. The van der Waals surface area contributed by atoms with Crippen LogP contribution in [0.15, 0.2) is 18.2 Å². The Morgan fingerprint density at radius 1 is 1.62 bits per heavy atom. The van der Waals surface area contributed by atoms with Gasteiger partial charge < -0.3 is 15.6 Å². The van der Waals surface area contributed by atoms with Gasteiger partial charge in [0, 0.05) is 6.07 Å². The van der Waals surface area contributed by atoms with E-state index < -0.39 is 0 Å². The van der Waals surface area contributed by atoms with Crippen LogP contribution in [0.3, 0.4) is 0 Å². The lowest BCUT2D eigenvalue weighted by molar-refractivity contribution is 0.196. The first-order valence-corrected chi connectivity index (χ1v) is 4.15. The van der Waals surface area contributed by atoms with E-state index in [1.165, 1.54) is 0 Å². The number of thiocarbonyl (C=S) groups is 1. The van der Waals surface area contributed by atoms with Gasteiger partial charge >= 0.3 is 0 Å². The Balaban J connectivity index is 2.73. The fourth-order valence-corrected chi connectivity index (χ4v) is 0.896. The second-order valence-corrected chi connectivity index (χ2v) is 2.74. The van der Waals surface area contributed by atoms with Gasteiger partial charge in [-0.3, -0.25) is 0 Å². The Morgan fingerprint density at radius 3 is 3.00 bits per heavy atom. The molecule has 0 aliphatic heterocycles. The highest BCUT2D eigenvalue weighted by atomic mass is 32.1. The standard InChI is InChI=1S/C8H10N2O2S/c9-8(13)6-2-1-3-7(10-6)12-5-4-11/h1-3,11H,4-5H2,(H2,9,13). The molecular formula is C8H10N2O2S. The molecule has 0 radical (unpaired) electrons. The molecule has 70 valence electrons. The molecule has 3 N–H and O–H groups in total. The average molecular weight is 198 g/mol. The SMILES string of the molecule is NC(=S)c1cccc(OCCO)n1. The highest BCUT2D eigenvalue weighted by Crippen LogP contribution is 2.06. The third kappa shape index (κ3) is 2.96. The fourth-order valence-electron chi connectivity index (χ4n) is 0.783. The van der Waals surface area contributed by atoms with Crippen molar-refractivity contribution in [2.24, 2.45) is 5.73 Å². The molecule has 1 aromatic heterocycles. The summed E-state index contributed by atoms with van der Waals surface area (Å²) >= 11 is 4.74. The zero-order chi connectivity index (χ0) is 9.68. The van der Waals surface area contributed by atoms with E-state index >= 15 is 0 Å². The van der Waals surface area contributed by atoms with E-state index in [9.17, 15) is 0 Å². The minimum absolute atomic E-state index is 0.0427. The summed E-state index contributed by atoms with van der Waals surface area (Å²) in [6.07, 6.45) is 0. The van der Waals surface area contributed by atoms with Crippen molar-refractivity contribution in [2.75, 3.05) is 13.2 Å². The molecule has 0 unspecified atom stereocenters. The van der Waals surface area contributed by atoms with Crippen LogP contribution in [0.4, 0.5) is 0 Å². The monoisotopic (exact) mass is 198 g/mol. The van der Waals surface area contributed by atoms with Crippen LogP contribution in [0.1, 0.15) is 5.69 Å². The summed E-state index contributed by atoms with van der Waals surface area (Å²) in [5.74, 6) is 0.416. The summed E-state index contributed by atoms with van der Waals surface area (Å²) in [6.45, 7) is 0.173. The third-order valence-corrected chi connectivity index (χ3v) is 1.53. The van der Waals surface area contributed by atoms with Crippen molar-refractivity contribution in [3.05, 3.63) is 23.9 Å². The largest absolute Gasteiger partial charge is 0.475 e. The van der Waals surface area contributed by atoms with E-state index in [0.29, 0.717) is 11.6 Å². The molecule has 0 fully saturated rings. The smallest absolute Gasteiger partial charge is 0.213 e. The maximum atomic E-state index is 8.50. The molecule has 0 saturated carbocycles. The van der Waals surface area contributed by atoms with Crippen LogP contribution in [0.2, 0.25) is 0 Å². The van der Waals surface area contributed by atoms with Gasteiger partial charge in [0.1, 0.15) is 17.3 Å². The van der Waals surface area contributed by atoms with Crippen LogP contribution in [0.25, 0.3) is 0 Å². The molecule has 1 rings (SSSR count). The van der Waals surface area contributed by atoms with Gasteiger partial charge in [0.2, 0.25) is 5.88 Å². The first-order chi connectivity index (χ1) is 6.24. The zero-order valence-electron chi connectivity index (χ0n) is 6.93. The summed E-state index contributed by atoms with van der Waals surface area (Å²) in [6, 6.07) is 5.12. The van der Waals surface area contributed by atoms with Gasteiger partial charge in [0.25, 0.3) is 0 Å². The van der Waals surface area contributed by atoms with Gasteiger partial charge in [-0.1, -0.05) is 18.3 Å². The van der Waals surface area contributed by atoms with E-state index in [2.05, 4.69) is 4.98 Å². The highest BCUT2D eigenvalue weighted by molar-refractivity contribution is 7.80. The van der Waals surface area contributed by atoms with E-state index in [4.69, 9.17) is 27.8 Å². The molecule has 0 aromatic carbocycles. The fraction of sp³-hybridized carbons (Fsp3) is 0.250. The Kier molecular flexibility index (Phi) is 3.60. The minimum Gasteiger partial charge on any atom is -0.475 e. The Bertz CT molecular complexity index is 304. The highest BCUT2D eigenvalue weighted by Gasteiger charge is 1.99. The number of rotatable bonds is 4. The molecule has 0 atom stereocenters. The molecule has 0 amide bonds. The first-order valence-electron chi connectivity index (χ1n) is 3.74. The van der Waals surface area contributed by atoms with Gasteiger partial charge in [-0.2, -0.15) is 0 Å². The van der Waals surface area contributed by atoms with Crippen LogP contribution in [-0.2, 0) is 0 Å².